The lowest BCUT2D eigenvalue weighted by atomic mass is 10.1. The molecule has 5 heteroatoms. The van der Waals surface area contributed by atoms with E-state index in [1.165, 1.54) is 10.4 Å². The minimum atomic E-state index is -0.488. The number of rotatable bonds is 6. The number of nitrogens with one attached hydrogen (secondary N) is 1. The van der Waals surface area contributed by atoms with Crippen molar-refractivity contribution in [2.75, 3.05) is 25.6 Å². The van der Waals surface area contributed by atoms with E-state index in [1.54, 1.807) is 11.3 Å². The molecule has 2 heterocycles. The smallest absolute Gasteiger partial charge is 0.124 e. The standard InChI is InChI=1S/C22H19FN2OS/c1-24-18-7-2-16(3-8-18)21-14-17-6-11-20(25-22(17)27-21)15-4-9-19(10-5-15)26-13-12-23/h2-11,14,24H,12-13H2,1H3. The van der Waals surface area contributed by atoms with Crippen molar-refractivity contribution >= 4 is 27.2 Å². The van der Waals surface area contributed by atoms with Gasteiger partial charge in [-0.25, -0.2) is 9.37 Å². The first kappa shape index (κ1) is 17.5. The van der Waals surface area contributed by atoms with Crippen molar-refractivity contribution in [1.82, 2.24) is 4.98 Å². The number of thiophene rings is 1. The van der Waals surface area contributed by atoms with E-state index in [0.29, 0.717) is 5.75 Å². The first-order valence-electron chi connectivity index (χ1n) is 8.75. The summed E-state index contributed by atoms with van der Waals surface area (Å²) in [6, 6.07) is 22.3. The summed E-state index contributed by atoms with van der Waals surface area (Å²) in [5, 5.41) is 4.27. The number of benzene rings is 2. The zero-order valence-electron chi connectivity index (χ0n) is 14.9. The van der Waals surface area contributed by atoms with Crippen LogP contribution in [-0.4, -0.2) is 25.3 Å². The fourth-order valence-corrected chi connectivity index (χ4v) is 3.94. The summed E-state index contributed by atoms with van der Waals surface area (Å²) < 4.78 is 17.5. The van der Waals surface area contributed by atoms with Crippen molar-refractivity contribution in [1.29, 1.82) is 0 Å². The van der Waals surface area contributed by atoms with Crippen LogP contribution in [0, 0.1) is 0 Å². The van der Waals surface area contributed by atoms with Gasteiger partial charge >= 0.3 is 0 Å². The van der Waals surface area contributed by atoms with Crippen LogP contribution in [0.25, 0.3) is 31.9 Å². The molecule has 0 saturated heterocycles. The van der Waals surface area contributed by atoms with Gasteiger partial charge in [0.15, 0.2) is 0 Å². The first-order valence-corrected chi connectivity index (χ1v) is 9.56. The van der Waals surface area contributed by atoms with E-state index in [0.717, 1.165) is 27.2 Å². The minimum Gasteiger partial charge on any atom is -0.491 e. The minimum absolute atomic E-state index is 0.0802. The quantitative estimate of drug-likeness (QED) is 0.445. The molecule has 2 aromatic carbocycles. The second-order valence-electron chi connectivity index (χ2n) is 6.09. The molecule has 136 valence electrons. The molecule has 0 aliphatic heterocycles. The number of aromatic nitrogens is 1. The Balaban J connectivity index is 1.62. The molecule has 27 heavy (non-hydrogen) atoms. The topological polar surface area (TPSA) is 34.1 Å². The number of nitrogens with zero attached hydrogens (tertiary/aromatic N) is 1. The van der Waals surface area contributed by atoms with E-state index < -0.39 is 6.67 Å². The van der Waals surface area contributed by atoms with Crippen LogP contribution in [0.3, 0.4) is 0 Å². The van der Waals surface area contributed by atoms with Crippen molar-refractivity contribution in [3.05, 3.63) is 66.7 Å². The predicted molar refractivity (Wildman–Crippen MR) is 112 cm³/mol. The maximum atomic E-state index is 12.2. The Hall–Kier alpha value is -2.92. The lowest BCUT2D eigenvalue weighted by Crippen LogP contribution is -1.98. The van der Waals surface area contributed by atoms with Crippen LogP contribution < -0.4 is 10.1 Å². The molecule has 4 rings (SSSR count). The van der Waals surface area contributed by atoms with E-state index in [4.69, 9.17) is 9.72 Å². The van der Waals surface area contributed by atoms with Crippen molar-refractivity contribution in [3.8, 4) is 27.4 Å². The van der Waals surface area contributed by atoms with Crippen LogP contribution in [-0.2, 0) is 0 Å². The fraction of sp³-hybridized carbons (Fsp3) is 0.136. The molecule has 0 saturated carbocycles. The van der Waals surface area contributed by atoms with E-state index in [9.17, 15) is 4.39 Å². The van der Waals surface area contributed by atoms with Crippen LogP contribution >= 0.6 is 11.3 Å². The Morgan fingerprint density at radius 1 is 0.963 bits per heavy atom. The second kappa shape index (κ2) is 7.76. The third-order valence-corrected chi connectivity index (χ3v) is 5.43. The Morgan fingerprint density at radius 3 is 2.41 bits per heavy atom. The van der Waals surface area contributed by atoms with Gasteiger partial charge in [0, 0.05) is 28.6 Å². The van der Waals surface area contributed by atoms with Crippen molar-refractivity contribution in [2.24, 2.45) is 0 Å². The van der Waals surface area contributed by atoms with E-state index in [-0.39, 0.29) is 6.61 Å². The van der Waals surface area contributed by atoms with Gasteiger partial charge in [-0.05, 0) is 60.2 Å². The Morgan fingerprint density at radius 2 is 1.70 bits per heavy atom. The molecule has 2 aromatic heterocycles. The average Bonchev–Trinajstić information content (AvgIpc) is 3.16. The molecular weight excluding hydrogens is 359 g/mol. The third-order valence-electron chi connectivity index (χ3n) is 4.34. The number of anilines is 1. The Labute approximate surface area is 161 Å². The molecule has 0 spiro atoms. The number of alkyl halides is 1. The fourth-order valence-electron chi connectivity index (χ4n) is 2.90. The molecule has 0 amide bonds. The van der Waals surface area contributed by atoms with Crippen LogP contribution in [0.4, 0.5) is 10.1 Å². The highest BCUT2D eigenvalue weighted by atomic mass is 32.1. The highest BCUT2D eigenvalue weighted by Crippen LogP contribution is 2.34. The number of ether oxygens (including phenoxy) is 1. The molecule has 0 aliphatic carbocycles. The maximum absolute atomic E-state index is 12.2. The van der Waals surface area contributed by atoms with E-state index in [2.05, 4.69) is 41.7 Å². The number of hydrogen-bond acceptors (Lipinski definition) is 4. The second-order valence-corrected chi connectivity index (χ2v) is 7.12. The molecular formula is C22H19FN2OS. The zero-order valence-corrected chi connectivity index (χ0v) is 15.7. The van der Waals surface area contributed by atoms with Crippen molar-refractivity contribution in [3.63, 3.8) is 0 Å². The SMILES string of the molecule is CNc1ccc(-c2cc3ccc(-c4ccc(OCCF)cc4)nc3s2)cc1. The normalized spacial score (nSPS) is 10.9. The van der Waals surface area contributed by atoms with Gasteiger partial charge in [-0.2, -0.15) is 0 Å². The summed E-state index contributed by atoms with van der Waals surface area (Å²) in [6.45, 7) is -0.408. The van der Waals surface area contributed by atoms with Gasteiger partial charge in [0.2, 0.25) is 0 Å². The molecule has 1 N–H and O–H groups in total. The lowest BCUT2D eigenvalue weighted by molar-refractivity contribution is 0.273. The van der Waals surface area contributed by atoms with Gasteiger partial charge in [0.05, 0.1) is 5.69 Å². The molecule has 0 aliphatic rings. The van der Waals surface area contributed by atoms with Crippen LogP contribution in [0.2, 0.25) is 0 Å². The molecule has 3 nitrogen and oxygen atoms in total. The van der Waals surface area contributed by atoms with Gasteiger partial charge in [-0.3, -0.25) is 0 Å². The van der Waals surface area contributed by atoms with Gasteiger partial charge < -0.3 is 10.1 Å². The summed E-state index contributed by atoms with van der Waals surface area (Å²) in [5.74, 6) is 0.668. The highest BCUT2D eigenvalue weighted by molar-refractivity contribution is 7.21. The van der Waals surface area contributed by atoms with E-state index >= 15 is 0 Å². The molecule has 0 radical (unpaired) electrons. The lowest BCUT2D eigenvalue weighted by Gasteiger charge is -2.05. The summed E-state index contributed by atoms with van der Waals surface area (Å²) in [7, 11) is 1.92. The van der Waals surface area contributed by atoms with Gasteiger partial charge in [-0.15, -0.1) is 11.3 Å². The van der Waals surface area contributed by atoms with Crippen LogP contribution in [0.1, 0.15) is 0 Å². The molecule has 0 bridgehead atoms. The summed E-state index contributed by atoms with van der Waals surface area (Å²) >= 11 is 1.69. The van der Waals surface area contributed by atoms with Crippen molar-refractivity contribution < 1.29 is 9.13 Å². The number of pyridine rings is 1. The van der Waals surface area contributed by atoms with Crippen LogP contribution in [0.15, 0.2) is 66.7 Å². The summed E-state index contributed by atoms with van der Waals surface area (Å²) in [4.78, 5) is 7.04. The number of hydrogen-bond donors (Lipinski definition) is 1. The van der Waals surface area contributed by atoms with Crippen molar-refractivity contribution in [2.45, 2.75) is 0 Å². The Kier molecular flexibility index (Phi) is 5.03. The zero-order chi connectivity index (χ0) is 18.6. The molecule has 0 unspecified atom stereocenters. The third kappa shape index (κ3) is 3.78. The van der Waals surface area contributed by atoms with Gasteiger partial charge in [0.1, 0.15) is 23.9 Å². The van der Waals surface area contributed by atoms with Gasteiger partial charge in [-0.1, -0.05) is 12.1 Å². The molecule has 0 fully saturated rings. The number of halogens is 1. The largest absolute Gasteiger partial charge is 0.491 e. The monoisotopic (exact) mass is 378 g/mol. The van der Waals surface area contributed by atoms with E-state index in [1.807, 2.05) is 37.4 Å². The first-order chi connectivity index (χ1) is 13.3. The molecule has 0 atom stereocenters. The maximum Gasteiger partial charge on any atom is 0.124 e. The molecule has 4 aromatic rings. The number of fused-ring (bicyclic) bond motifs is 1. The summed E-state index contributed by atoms with van der Waals surface area (Å²) in [6.07, 6.45) is 0. The average molecular weight is 378 g/mol. The Bertz CT molecular complexity index is 1040. The predicted octanol–water partition coefficient (Wildman–Crippen LogP) is 6.02. The van der Waals surface area contributed by atoms with Gasteiger partial charge in [0.25, 0.3) is 0 Å². The summed E-state index contributed by atoms with van der Waals surface area (Å²) in [5.41, 5.74) is 4.21. The van der Waals surface area contributed by atoms with Crippen LogP contribution in [0.5, 0.6) is 5.75 Å². The highest BCUT2D eigenvalue weighted by Gasteiger charge is 2.08.